The average Bonchev–Trinajstić information content (AvgIpc) is 3.08. The monoisotopic (exact) mass is 325 g/mol. The van der Waals surface area contributed by atoms with Gasteiger partial charge in [-0.25, -0.2) is 0 Å². The van der Waals surface area contributed by atoms with Crippen molar-refractivity contribution in [2.75, 3.05) is 12.9 Å². The highest BCUT2D eigenvalue weighted by molar-refractivity contribution is 7.99. The maximum absolute atomic E-state index is 5.42. The Morgan fingerprint density at radius 2 is 1.83 bits per heavy atom. The van der Waals surface area contributed by atoms with Crippen LogP contribution in [0.25, 0.3) is 5.69 Å². The highest BCUT2D eigenvalue weighted by Gasteiger charge is 2.10. The molecule has 0 saturated heterocycles. The third-order valence-electron chi connectivity index (χ3n) is 3.54. The van der Waals surface area contributed by atoms with Crippen LogP contribution < -0.4 is 4.74 Å². The summed E-state index contributed by atoms with van der Waals surface area (Å²) in [4.78, 5) is 0. The minimum Gasteiger partial charge on any atom is -0.495 e. The molecule has 0 aliphatic heterocycles. The maximum Gasteiger partial charge on any atom is 0.195 e. The summed E-state index contributed by atoms with van der Waals surface area (Å²) in [5.74, 6) is 1.82. The molecule has 0 unspecified atom stereocenters. The van der Waals surface area contributed by atoms with Crippen LogP contribution in [0.1, 0.15) is 12.0 Å². The van der Waals surface area contributed by atoms with Crippen LogP contribution in [0.15, 0.2) is 66.1 Å². The van der Waals surface area contributed by atoms with E-state index < -0.39 is 0 Å². The maximum atomic E-state index is 5.42. The van der Waals surface area contributed by atoms with Crippen LogP contribution in [0, 0.1) is 0 Å². The predicted molar refractivity (Wildman–Crippen MR) is 93.4 cm³/mol. The molecule has 1 heterocycles. The van der Waals surface area contributed by atoms with E-state index in [4.69, 9.17) is 4.74 Å². The standard InChI is InChI=1S/C18H19N3OS/c1-22-17-12-6-5-11-16(17)21-14-19-20-18(21)23-13-7-10-15-8-3-2-4-9-15/h2-6,8-9,11-12,14H,7,10,13H2,1H3. The molecule has 0 saturated carbocycles. The van der Waals surface area contributed by atoms with Gasteiger partial charge in [-0.15, -0.1) is 10.2 Å². The molecule has 5 heteroatoms. The first-order valence-corrected chi connectivity index (χ1v) is 8.57. The number of aryl methyl sites for hydroxylation is 1. The Balaban J connectivity index is 1.63. The van der Waals surface area contributed by atoms with Crippen LogP contribution in [-0.2, 0) is 6.42 Å². The molecular formula is C18H19N3OS. The van der Waals surface area contributed by atoms with Crippen LogP contribution in [0.5, 0.6) is 5.75 Å². The average molecular weight is 325 g/mol. The van der Waals surface area contributed by atoms with Gasteiger partial charge in [-0.05, 0) is 30.5 Å². The second-order valence-corrected chi connectivity index (χ2v) is 6.16. The molecule has 3 aromatic rings. The van der Waals surface area contributed by atoms with E-state index in [0.717, 1.165) is 35.2 Å². The first-order chi connectivity index (χ1) is 11.4. The molecule has 2 aromatic carbocycles. The molecule has 0 spiro atoms. The van der Waals surface area contributed by atoms with Crippen molar-refractivity contribution >= 4 is 11.8 Å². The van der Waals surface area contributed by atoms with E-state index in [1.807, 2.05) is 34.9 Å². The molecule has 23 heavy (non-hydrogen) atoms. The fourth-order valence-corrected chi connectivity index (χ4v) is 3.26. The number of hydrogen-bond acceptors (Lipinski definition) is 4. The van der Waals surface area contributed by atoms with Gasteiger partial charge in [-0.3, -0.25) is 4.57 Å². The second kappa shape index (κ2) is 7.83. The largest absolute Gasteiger partial charge is 0.495 e. The number of hydrogen-bond donors (Lipinski definition) is 0. The SMILES string of the molecule is COc1ccccc1-n1cnnc1SCCCc1ccccc1. The highest BCUT2D eigenvalue weighted by Crippen LogP contribution is 2.26. The van der Waals surface area contributed by atoms with Gasteiger partial charge in [0.15, 0.2) is 5.16 Å². The van der Waals surface area contributed by atoms with E-state index in [0.29, 0.717) is 0 Å². The summed E-state index contributed by atoms with van der Waals surface area (Å²) in [7, 11) is 1.68. The lowest BCUT2D eigenvalue weighted by Gasteiger charge is -2.10. The van der Waals surface area contributed by atoms with Crippen molar-refractivity contribution in [3.8, 4) is 11.4 Å². The molecular weight excluding hydrogens is 306 g/mol. The topological polar surface area (TPSA) is 39.9 Å². The summed E-state index contributed by atoms with van der Waals surface area (Å²) in [5, 5.41) is 9.17. The minimum absolute atomic E-state index is 0.818. The quantitative estimate of drug-likeness (QED) is 0.486. The van der Waals surface area contributed by atoms with Crippen LogP contribution in [-0.4, -0.2) is 27.6 Å². The molecule has 0 atom stereocenters. The zero-order valence-corrected chi connectivity index (χ0v) is 13.9. The molecule has 0 bridgehead atoms. The zero-order chi connectivity index (χ0) is 15.9. The molecule has 1 aromatic heterocycles. The Bertz CT molecular complexity index is 743. The zero-order valence-electron chi connectivity index (χ0n) is 13.1. The Morgan fingerprint density at radius 3 is 2.65 bits per heavy atom. The minimum atomic E-state index is 0.818. The Morgan fingerprint density at radius 1 is 1.04 bits per heavy atom. The lowest BCUT2D eigenvalue weighted by Crippen LogP contribution is -1.99. The Labute approximate surface area is 140 Å². The number of aromatic nitrogens is 3. The molecule has 0 fully saturated rings. The van der Waals surface area contributed by atoms with Gasteiger partial charge in [0.05, 0.1) is 12.8 Å². The van der Waals surface area contributed by atoms with Crippen molar-refractivity contribution in [1.82, 2.24) is 14.8 Å². The summed E-state index contributed by atoms with van der Waals surface area (Å²) in [6.45, 7) is 0. The third-order valence-corrected chi connectivity index (χ3v) is 4.57. The first kappa shape index (κ1) is 15.6. The van der Waals surface area contributed by atoms with Crippen LogP contribution >= 0.6 is 11.8 Å². The molecule has 0 amide bonds. The van der Waals surface area contributed by atoms with Crippen molar-refractivity contribution in [3.05, 3.63) is 66.5 Å². The van der Waals surface area contributed by atoms with Crippen LogP contribution in [0.4, 0.5) is 0 Å². The Kier molecular flexibility index (Phi) is 5.32. The summed E-state index contributed by atoms with van der Waals surface area (Å²) in [6, 6.07) is 18.5. The number of thioether (sulfide) groups is 1. The van der Waals surface area contributed by atoms with E-state index in [1.165, 1.54) is 5.56 Å². The number of methoxy groups -OCH3 is 1. The second-order valence-electron chi connectivity index (χ2n) is 5.09. The van der Waals surface area contributed by atoms with Crippen LogP contribution in [0.2, 0.25) is 0 Å². The lowest BCUT2D eigenvalue weighted by atomic mass is 10.1. The van der Waals surface area contributed by atoms with Crippen molar-refractivity contribution in [3.63, 3.8) is 0 Å². The van der Waals surface area contributed by atoms with Gasteiger partial charge in [-0.1, -0.05) is 54.2 Å². The van der Waals surface area contributed by atoms with Crippen molar-refractivity contribution in [1.29, 1.82) is 0 Å². The fourth-order valence-electron chi connectivity index (χ4n) is 2.40. The van der Waals surface area contributed by atoms with E-state index >= 15 is 0 Å². The summed E-state index contributed by atoms with van der Waals surface area (Å²) in [6.07, 6.45) is 3.92. The van der Waals surface area contributed by atoms with E-state index in [9.17, 15) is 0 Å². The molecule has 0 aliphatic carbocycles. The lowest BCUT2D eigenvalue weighted by molar-refractivity contribution is 0.412. The van der Waals surface area contributed by atoms with Crippen molar-refractivity contribution in [2.24, 2.45) is 0 Å². The number of rotatable bonds is 7. The van der Waals surface area contributed by atoms with Gasteiger partial charge in [-0.2, -0.15) is 0 Å². The summed E-state index contributed by atoms with van der Waals surface area (Å²) >= 11 is 1.72. The summed E-state index contributed by atoms with van der Waals surface area (Å²) < 4.78 is 7.40. The highest BCUT2D eigenvalue weighted by atomic mass is 32.2. The van der Waals surface area contributed by atoms with Gasteiger partial charge in [0.2, 0.25) is 0 Å². The molecule has 3 rings (SSSR count). The van der Waals surface area contributed by atoms with Gasteiger partial charge in [0.1, 0.15) is 12.1 Å². The number of benzene rings is 2. The first-order valence-electron chi connectivity index (χ1n) is 7.58. The van der Waals surface area contributed by atoms with Gasteiger partial charge >= 0.3 is 0 Å². The van der Waals surface area contributed by atoms with Gasteiger partial charge in [0, 0.05) is 5.75 Å². The van der Waals surface area contributed by atoms with Crippen molar-refractivity contribution < 1.29 is 4.74 Å². The van der Waals surface area contributed by atoms with Gasteiger partial charge < -0.3 is 4.74 Å². The molecule has 0 radical (unpaired) electrons. The molecule has 0 N–H and O–H groups in total. The smallest absolute Gasteiger partial charge is 0.195 e. The number of para-hydroxylation sites is 2. The van der Waals surface area contributed by atoms with Gasteiger partial charge in [0.25, 0.3) is 0 Å². The predicted octanol–water partition coefficient (Wildman–Crippen LogP) is 4.00. The Hall–Kier alpha value is -2.27. The number of nitrogens with zero attached hydrogens (tertiary/aromatic N) is 3. The van der Waals surface area contributed by atoms with Crippen molar-refractivity contribution in [2.45, 2.75) is 18.0 Å². The van der Waals surface area contributed by atoms with E-state index in [-0.39, 0.29) is 0 Å². The van der Waals surface area contributed by atoms with E-state index in [1.54, 1.807) is 25.2 Å². The third kappa shape index (κ3) is 3.93. The van der Waals surface area contributed by atoms with Crippen LogP contribution in [0.3, 0.4) is 0 Å². The normalized spacial score (nSPS) is 10.7. The van der Waals surface area contributed by atoms with E-state index in [2.05, 4.69) is 34.5 Å². The summed E-state index contributed by atoms with van der Waals surface area (Å²) in [5.41, 5.74) is 2.34. The molecule has 4 nitrogen and oxygen atoms in total. The number of ether oxygens (including phenoxy) is 1. The molecule has 118 valence electrons. The fraction of sp³-hybridized carbons (Fsp3) is 0.222. The molecule has 0 aliphatic rings.